The van der Waals surface area contributed by atoms with Gasteiger partial charge in [0.05, 0.1) is 0 Å². The summed E-state index contributed by atoms with van der Waals surface area (Å²) in [5, 5.41) is 1.20. The SMILES string of the molecule is CC1C(=O)NN(C)C1=O. The van der Waals surface area contributed by atoms with E-state index in [1.54, 1.807) is 6.92 Å². The van der Waals surface area contributed by atoms with E-state index in [1.165, 1.54) is 12.1 Å². The third kappa shape index (κ3) is 0.759. The van der Waals surface area contributed by atoms with E-state index in [9.17, 15) is 9.59 Å². The van der Waals surface area contributed by atoms with Crippen molar-refractivity contribution in [1.29, 1.82) is 0 Å². The van der Waals surface area contributed by atoms with Gasteiger partial charge in [-0.1, -0.05) is 0 Å². The van der Waals surface area contributed by atoms with Crippen molar-refractivity contribution in [3.05, 3.63) is 0 Å². The van der Waals surface area contributed by atoms with Gasteiger partial charge in [-0.15, -0.1) is 0 Å². The molecule has 50 valence electrons. The zero-order chi connectivity index (χ0) is 7.02. The van der Waals surface area contributed by atoms with E-state index >= 15 is 0 Å². The first-order chi connectivity index (χ1) is 4.13. The van der Waals surface area contributed by atoms with Gasteiger partial charge in [-0.05, 0) is 6.92 Å². The molecule has 0 aromatic carbocycles. The molecule has 0 aromatic rings. The largest absolute Gasteiger partial charge is 0.272 e. The Morgan fingerprint density at radius 3 is 2.22 bits per heavy atom. The van der Waals surface area contributed by atoms with E-state index in [0.717, 1.165) is 0 Å². The van der Waals surface area contributed by atoms with Crippen molar-refractivity contribution >= 4 is 11.8 Å². The van der Waals surface area contributed by atoms with Gasteiger partial charge < -0.3 is 0 Å². The molecule has 0 spiro atoms. The van der Waals surface area contributed by atoms with Crippen molar-refractivity contribution in [3.63, 3.8) is 0 Å². The molecule has 0 bridgehead atoms. The lowest BCUT2D eigenvalue weighted by Gasteiger charge is -2.04. The zero-order valence-corrected chi connectivity index (χ0v) is 5.34. The second-order valence-corrected chi connectivity index (χ2v) is 2.09. The summed E-state index contributed by atoms with van der Waals surface area (Å²) in [4.78, 5) is 21.4. The molecule has 4 nitrogen and oxygen atoms in total. The van der Waals surface area contributed by atoms with Crippen LogP contribution in [0.3, 0.4) is 0 Å². The van der Waals surface area contributed by atoms with Crippen LogP contribution in [0.4, 0.5) is 0 Å². The molecule has 1 unspecified atom stereocenters. The topological polar surface area (TPSA) is 49.4 Å². The highest BCUT2D eigenvalue weighted by atomic mass is 16.2. The van der Waals surface area contributed by atoms with Crippen LogP contribution < -0.4 is 5.43 Å². The first-order valence-corrected chi connectivity index (χ1v) is 2.71. The maximum Gasteiger partial charge on any atom is 0.253 e. The Bertz CT molecular complexity index is 166. The Morgan fingerprint density at radius 2 is 2.11 bits per heavy atom. The third-order valence-electron chi connectivity index (χ3n) is 1.37. The number of rotatable bonds is 0. The van der Waals surface area contributed by atoms with Crippen molar-refractivity contribution in [1.82, 2.24) is 10.4 Å². The molecule has 1 N–H and O–H groups in total. The molecule has 1 atom stereocenters. The highest BCUT2D eigenvalue weighted by Gasteiger charge is 2.32. The monoisotopic (exact) mass is 128 g/mol. The van der Waals surface area contributed by atoms with Crippen LogP contribution in [-0.4, -0.2) is 23.9 Å². The van der Waals surface area contributed by atoms with Crippen LogP contribution in [0.2, 0.25) is 0 Å². The number of hydrazine groups is 1. The van der Waals surface area contributed by atoms with E-state index < -0.39 is 5.92 Å². The molecular weight excluding hydrogens is 120 g/mol. The van der Waals surface area contributed by atoms with E-state index in [0.29, 0.717) is 0 Å². The van der Waals surface area contributed by atoms with Crippen LogP contribution in [0.1, 0.15) is 6.92 Å². The summed E-state index contributed by atoms with van der Waals surface area (Å²) in [5.41, 5.74) is 2.36. The van der Waals surface area contributed by atoms with E-state index in [2.05, 4.69) is 5.43 Å². The Balaban J connectivity index is 2.77. The second-order valence-electron chi connectivity index (χ2n) is 2.09. The van der Waals surface area contributed by atoms with Gasteiger partial charge in [-0.3, -0.25) is 20.0 Å². The first kappa shape index (κ1) is 6.07. The molecular formula is C5H8N2O2. The van der Waals surface area contributed by atoms with E-state index in [1.807, 2.05) is 0 Å². The van der Waals surface area contributed by atoms with E-state index in [4.69, 9.17) is 0 Å². The number of hydrogen-bond acceptors (Lipinski definition) is 2. The van der Waals surface area contributed by atoms with Gasteiger partial charge in [0, 0.05) is 7.05 Å². The number of hydrogen-bond donors (Lipinski definition) is 1. The minimum Gasteiger partial charge on any atom is -0.272 e. The van der Waals surface area contributed by atoms with Gasteiger partial charge in [0.2, 0.25) is 0 Å². The Morgan fingerprint density at radius 1 is 1.56 bits per heavy atom. The second kappa shape index (κ2) is 1.72. The summed E-state index contributed by atoms with van der Waals surface area (Å²) >= 11 is 0. The fraction of sp³-hybridized carbons (Fsp3) is 0.600. The molecule has 9 heavy (non-hydrogen) atoms. The number of nitrogens with one attached hydrogen (secondary N) is 1. The molecule has 1 heterocycles. The highest BCUT2D eigenvalue weighted by molar-refractivity contribution is 6.04. The predicted molar refractivity (Wildman–Crippen MR) is 30.1 cm³/mol. The summed E-state index contributed by atoms with van der Waals surface area (Å²) in [6.07, 6.45) is 0. The third-order valence-corrected chi connectivity index (χ3v) is 1.37. The van der Waals surface area contributed by atoms with Gasteiger partial charge in [0.1, 0.15) is 5.92 Å². The lowest BCUT2D eigenvalue weighted by Crippen LogP contribution is -2.31. The fourth-order valence-electron chi connectivity index (χ4n) is 0.720. The van der Waals surface area contributed by atoms with Crippen molar-refractivity contribution < 1.29 is 9.59 Å². The maximum atomic E-state index is 10.8. The Labute approximate surface area is 52.8 Å². The molecule has 2 amide bonds. The van der Waals surface area contributed by atoms with Crippen LogP contribution in [0.15, 0.2) is 0 Å². The Hall–Kier alpha value is -1.06. The smallest absolute Gasteiger partial charge is 0.253 e. The average molecular weight is 128 g/mol. The van der Waals surface area contributed by atoms with Gasteiger partial charge in [0.15, 0.2) is 0 Å². The molecule has 1 saturated heterocycles. The predicted octanol–water partition coefficient (Wildman–Crippen LogP) is -0.874. The molecule has 0 aromatic heterocycles. The van der Waals surface area contributed by atoms with Crippen molar-refractivity contribution in [2.75, 3.05) is 7.05 Å². The summed E-state index contributed by atoms with van der Waals surface area (Å²) in [6.45, 7) is 1.58. The van der Waals surface area contributed by atoms with Crippen LogP contribution in [0.25, 0.3) is 0 Å². The quantitative estimate of drug-likeness (QED) is 0.431. The van der Waals surface area contributed by atoms with Crippen LogP contribution >= 0.6 is 0 Å². The Kier molecular flexibility index (Phi) is 1.16. The van der Waals surface area contributed by atoms with Crippen LogP contribution in [0.5, 0.6) is 0 Å². The zero-order valence-electron chi connectivity index (χ0n) is 5.34. The molecule has 0 radical (unpaired) electrons. The van der Waals surface area contributed by atoms with Gasteiger partial charge >= 0.3 is 0 Å². The van der Waals surface area contributed by atoms with Crippen LogP contribution in [0, 0.1) is 5.92 Å². The van der Waals surface area contributed by atoms with E-state index in [-0.39, 0.29) is 11.8 Å². The highest BCUT2D eigenvalue weighted by Crippen LogP contribution is 2.05. The van der Waals surface area contributed by atoms with Crippen molar-refractivity contribution in [3.8, 4) is 0 Å². The van der Waals surface area contributed by atoms with Crippen LogP contribution in [-0.2, 0) is 9.59 Å². The van der Waals surface area contributed by atoms with Gasteiger partial charge in [0.25, 0.3) is 11.8 Å². The fourth-order valence-corrected chi connectivity index (χ4v) is 0.720. The molecule has 0 saturated carbocycles. The summed E-state index contributed by atoms with van der Waals surface area (Å²) < 4.78 is 0. The number of amides is 2. The van der Waals surface area contributed by atoms with Gasteiger partial charge in [-0.25, -0.2) is 0 Å². The molecule has 4 heteroatoms. The number of carbonyl (C=O) groups is 2. The summed E-state index contributed by atoms with van der Waals surface area (Å²) in [5.74, 6) is -0.891. The molecule has 1 aliphatic rings. The maximum absolute atomic E-state index is 10.8. The molecule has 0 aliphatic carbocycles. The molecule has 1 aliphatic heterocycles. The van der Waals surface area contributed by atoms with Gasteiger partial charge in [-0.2, -0.15) is 0 Å². The van der Waals surface area contributed by atoms with Crippen molar-refractivity contribution in [2.24, 2.45) is 5.92 Å². The molecule has 1 rings (SSSR count). The minimum atomic E-state index is -0.505. The van der Waals surface area contributed by atoms with Crippen molar-refractivity contribution in [2.45, 2.75) is 6.92 Å². The lowest BCUT2D eigenvalue weighted by molar-refractivity contribution is -0.131. The lowest BCUT2D eigenvalue weighted by atomic mass is 10.2. The molecule has 1 fully saturated rings. The minimum absolute atomic E-state index is 0.167. The normalized spacial score (nSPS) is 26.9. The average Bonchev–Trinajstić information content (AvgIpc) is 1.98. The standard InChI is InChI=1S/C5H8N2O2/c1-3-4(8)6-7(2)5(3)9/h3H,1-2H3,(H,6,8). The number of carbonyl (C=O) groups excluding carboxylic acids is 2. The number of nitrogens with zero attached hydrogens (tertiary/aromatic N) is 1. The summed E-state index contributed by atoms with van der Waals surface area (Å²) in [7, 11) is 1.53. The first-order valence-electron chi connectivity index (χ1n) is 2.71. The summed E-state index contributed by atoms with van der Waals surface area (Å²) in [6, 6.07) is 0.